The molecule has 5 heteroatoms. The molecule has 0 bridgehead atoms. The molecule has 3 N–H and O–H groups in total. The predicted molar refractivity (Wildman–Crippen MR) is 60.8 cm³/mol. The van der Waals surface area contributed by atoms with Gasteiger partial charge in [-0.25, -0.2) is 0 Å². The number of ether oxygens (including phenoxy) is 1. The Morgan fingerprint density at radius 1 is 1.62 bits per heavy atom. The van der Waals surface area contributed by atoms with E-state index < -0.39 is 0 Å². The van der Waals surface area contributed by atoms with Gasteiger partial charge in [0.25, 0.3) is 0 Å². The molecule has 0 aliphatic carbocycles. The van der Waals surface area contributed by atoms with Crippen molar-refractivity contribution in [3.05, 3.63) is 0 Å². The molecule has 2 atom stereocenters. The van der Waals surface area contributed by atoms with Crippen molar-refractivity contribution in [2.75, 3.05) is 32.8 Å². The van der Waals surface area contributed by atoms with E-state index in [9.17, 15) is 4.79 Å². The molecule has 1 amide bonds. The molecule has 94 valence electrons. The van der Waals surface area contributed by atoms with Crippen LogP contribution in [-0.4, -0.2) is 54.9 Å². The van der Waals surface area contributed by atoms with E-state index in [0.29, 0.717) is 26.2 Å². The summed E-state index contributed by atoms with van der Waals surface area (Å²) in [6.07, 6.45) is -0.247. The van der Waals surface area contributed by atoms with Crippen molar-refractivity contribution in [3.8, 4) is 0 Å². The number of aliphatic hydroxyl groups is 1. The SMILES string of the molecule is CC(C)C(CN)C(=O)N1CCOC(CO)C1. The van der Waals surface area contributed by atoms with Crippen LogP contribution in [0.2, 0.25) is 0 Å². The van der Waals surface area contributed by atoms with E-state index >= 15 is 0 Å². The van der Waals surface area contributed by atoms with Gasteiger partial charge in [0.1, 0.15) is 0 Å². The molecule has 16 heavy (non-hydrogen) atoms. The van der Waals surface area contributed by atoms with E-state index in [1.54, 1.807) is 4.90 Å². The van der Waals surface area contributed by atoms with Crippen molar-refractivity contribution in [1.29, 1.82) is 0 Å². The first-order chi connectivity index (χ1) is 7.60. The van der Waals surface area contributed by atoms with Crippen LogP contribution in [0.4, 0.5) is 0 Å². The van der Waals surface area contributed by atoms with Crippen LogP contribution in [0.1, 0.15) is 13.8 Å². The van der Waals surface area contributed by atoms with Gasteiger partial charge in [-0.15, -0.1) is 0 Å². The van der Waals surface area contributed by atoms with Crippen LogP contribution in [-0.2, 0) is 9.53 Å². The molecule has 5 nitrogen and oxygen atoms in total. The minimum absolute atomic E-state index is 0.0429. The Kier molecular flexibility index (Phi) is 5.18. The standard InChI is InChI=1S/C11H22N2O3/c1-8(2)10(5-12)11(15)13-3-4-16-9(6-13)7-14/h8-10,14H,3-7,12H2,1-2H3. The van der Waals surface area contributed by atoms with E-state index in [1.807, 2.05) is 13.8 Å². The lowest BCUT2D eigenvalue weighted by atomic mass is 9.94. The Morgan fingerprint density at radius 3 is 2.81 bits per heavy atom. The van der Waals surface area contributed by atoms with Gasteiger partial charge in [0.2, 0.25) is 5.91 Å². The zero-order chi connectivity index (χ0) is 12.1. The summed E-state index contributed by atoms with van der Waals surface area (Å²) in [7, 11) is 0. The van der Waals surface area contributed by atoms with Gasteiger partial charge in [0.05, 0.1) is 25.2 Å². The highest BCUT2D eigenvalue weighted by Crippen LogP contribution is 2.15. The molecule has 0 saturated carbocycles. The number of hydrogen-bond donors (Lipinski definition) is 2. The van der Waals surface area contributed by atoms with E-state index in [0.717, 1.165) is 0 Å². The fraction of sp³-hybridized carbons (Fsp3) is 0.909. The topological polar surface area (TPSA) is 75.8 Å². The number of rotatable bonds is 4. The molecular weight excluding hydrogens is 208 g/mol. The van der Waals surface area contributed by atoms with Gasteiger partial charge in [-0.1, -0.05) is 13.8 Å². The summed E-state index contributed by atoms with van der Waals surface area (Å²) in [6.45, 7) is 5.89. The van der Waals surface area contributed by atoms with Crippen LogP contribution in [0, 0.1) is 11.8 Å². The Hall–Kier alpha value is -0.650. The summed E-state index contributed by atoms with van der Waals surface area (Å²) < 4.78 is 5.31. The van der Waals surface area contributed by atoms with Gasteiger partial charge in [-0.3, -0.25) is 4.79 Å². The monoisotopic (exact) mass is 230 g/mol. The van der Waals surface area contributed by atoms with Gasteiger partial charge < -0.3 is 20.5 Å². The minimum atomic E-state index is -0.247. The van der Waals surface area contributed by atoms with Gasteiger partial charge in [-0.2, -0.15) is 0 Å². The van der Waals surface area contributed by atoms with Crippen LogP contribution in [0.25, 0.3) is 0 Å². The quantitative estimate of drug-likeness (QED) is 0.678. The van der Waals surface area contributed by atoms with Gasteiger partial charge in [0.15, 0.2) is 0 Å². The number of hydrogen-bond acceptors (Lipinski definition) is 4. The van der Waals surface area contributed by atoms with Crippen LogP contribution in [0.15, 0.2) is 0 Å². The van der Waals surface area contributed by atoms with Crippen molar-refractivity contribution in [2.45, 2.75) is 20.0 Å². The summed E-state index contributed by atoms with van der Waals surface area (Å²) in [4.78, 5) is 13.9. The Bertz CT molecular complexity index is 233. The summed E-state index contributed by atoms with van der Waals surface area (Å²) in [5.41, 5.74) is 5.62. The van der Waals surface area contributed by atoms with E-state index in [1.165, 1.54) is 0 Å². The largest absolute Gasteiger partial charge is 0.394 e. The summed E-state index contributed by atoms with van der Waals surface area (Å²) in [6, 6.07) is 0. The first-order valence-corrected chi connectivity index (χ1v) is 5.81. The second-order valence-electron chi connectivity index (χ2n) is 4.55. The number of carbonyl (C=O) groups excluding carboxylic acids is 1. The number of carbonyl (C=O) groups is 1. The van der Waals surface area contributed by atoms with E-state index in [-0.39, 0.29) is 30.5 Å². The fourth-order valence-corrected chi connectivity index (χ4v) is 1.92. The summed E-state index contributed by atoms with van der Waals surface area (Å²) in [5, 5.41) is 9.01. The number of amides is 1. The number of nitrogens with two attached hydrogens (primary N) is 1. The molecule has 0 aromatic rings. The second kappa shape index (κ2) is 6.18. The molecular formula is C11H22N2O3. The summed E-state index contributed by atoms with van der Waals surface area (Å²) >= 11 is 0. The third-order valence-electron chi connectivity index (χ3n) is 3.03. The van der Waals surface area contributed by atoms with Crippen molar-refractivity contribution >= 4 is 5.91 Å². The maximum Gasteiger partial charge on any atom is 0.227 e. The molecule has 1 aliphatic rings. The molecule has 0 aromatic carbocycles. The highest BCUT2D eigenvalue weighted by Gasteiger charge is 2.29. The Labute approximate surface area is 96.6 Å². The lowest BCUT2D eigenvalue weighted by molar-refractivity contribution is -0.145. The molecule has 1 saturated heterocycles. The maximum atomic E-state index is 12.1. The lowest BCUT2D eigenvalue weighted by Crippen LogP contribution is -2.50. The lowest BCUT2D eigenvalue weighted by Gasteiger charge is -2.35. The zero-order valence-corrected chi connectivity index (χ0v) is 10.1. The van der Waals surface area contributed by atoms with Crippen molar-refractivity contribution in [3.63, 3.8) is 0 Å². The normalized spacial score (nSPS) is 23.6. The zero-order valence-electron chi connectivity index (χ0n) is 10.1. The van der Waals surface area contributed by atoms with Gasteiger partial charge >= 0.3 is 0 Å². The third-order valence-corrected chi connectivity index (χ3v) is 3.03. The molecule has 1 rings (SSSR count). The predicted octanol–water partition coefficient (Wildman–Crippen LogP) is -0.563. The smallest absolute Gasteiger partial charge is 0.227 e. The van der Waals surface area contributed by atoms with E-state index in [4.69, 9.17) is 15.6 Å². The average Bonchev–Trinajstić information content (AvgIpc) is 2.29. The Balaban J connectivity index is 2.58. The fourth-order valence-electron chi connectivity index (χ4n) is 1.92. The average molecular weight is 230 g/mol. The molecule has 0 aromatic heterocycles. The molecule has 1 fully saturated rings. The maximum absolute atomic E-state index is 12.1. The van der Waals surface area contributed by atoms with Gasteiger partial charge in [-0.05, 0) is 5.92 Å². The van der Waals surface area contributed by atoms with Crippen LogP contribution in [0.5, 0.6) is 0 Å². The molecule has 1 aliphatic heterocycles. The van der Waals surface area contributed by atoms with E-state index in [2.05, 4.69) is 0 Å². The Morgan fingerprint density at radius 2 is 2.31 bits per heavy atom. The number of aliphatic hydroxyl groups excluding tert-OH is 1. The minimum Gasteiger partial charge on any atom is -0.394 e. The van der Waals surface area contributed by atoms with Crippen LogP contribution >= 0.6 is 0 Å². The van der Waals surface area contributed by atoms with Crippen LogP contribution in [0.3, 0.4) is 0 Å². The molecule has 1 heterocycles. The van der Waals surface area contributed by atoms with Crippen molar-refractivity contribution in [1.82, 2.24) is 4.90 Å². The second-order valence-corrected chi connectivity index (χ2v) is 4.55. The highest BCUT2D eigenvalue weighted by molar-refractivity contribution is 5.79. The van der Waals surface area contributed by atoms with Crippen LogP contribution < -0.4 is 5.73 Å². The van der Waals surface area contributed by atoms with Crippen molar-refractivity contribution in [2.24, 2.45) is 17.6 Å². The highest BCUT2D eigenvalue weighted by atomic mass is 16.5. The number of nitrogens with zero attached hydrogens (tertiary/aromatic N) is 1. The molecule has 0 spiro atoms. The first kappa shape index (κ1) is 13.4. The number of morpholine rings is 1. The first-order valence-electron chi connectivity index (χ1n) is 5.81. The third kappa shape index (κ3) is 3.17. The molecule has 2 unspecified atom stereocenters. The van der Waals surface area contributed by atoms with Gasteiger partial charge in [0, 0.05) is 19.6 Å². The molecule has 0 radical (unpaired) electrons. The summed E-state index contributed by atoms with van der Waals surface area (Å²) in [5.74, 6) is 0.199. The van der Waals surface area contributed by atoms with Crippen molar-refractivity contribution < 1.29 is 14.6 Å².